The number of hydrogen-bond acceptors (Lipinski definition) is 13. The summed E-state index contributed by atoms with van der Waals surface area (Å²) in [6, 6.07) is 0. The molecule has 0 amide bonds. The number of hydrogen-bond donors (Lipinski definition) is 7. The lowest BCUT2D eigenvalue weighted by molar-refractivity contribution is -0.0503. The second-order valence-electron chi connectivity index (χ2n) is 6.02. The average Bonchev–Trinajstić information content (AvgIpc) is 3.13. The minimum Gasteiger partial charge on any atom is -0.412 e. The molecule has 0 aromatic carbocycles. The van der Waals surface area contributed by atoms with Crippen molar-refractivity contribution in [3.05, 3.63) is 12.7 Å². The number of phosphoric acid groups is 3. The van der Waals surface area contributed by atoms with Crippen LogP contribution in [0.4, 0.5) is 5.82 Å². The Labute approximate surface area is 182 Å². The maximum absolute atomic E-state index is 11.8. The van der Waals surface area contributed by atoms with E-state index in [1.807, 2.05) is 0 Å². The van der Waals surface area contributed by atoms with Crippen LogP contribution in [0.2, 0.25) is 0 Å². The van der Waals surface area contributed by atoms with Crippen LogP contribution in [0.3, 0.4) is 0 Å². The minimum absolute atomic E-state index is 0. The van der Waals surface area contributed by atoms with Gasteiger partial charge in [0.05, 0.1) is 12.9 Å². The monoisotopic (exact) mass is 543 g/mol. The molecule has 3 rings (SSSR count). The lowest BCUT2D eigenvalue weighted by atomic mass is 10.1. The van der Waals surface area contributed by atoms with Crippen molar-refractivity contribution in [1.29, 1.82) is 0 Å². The molecule has 3 heterocycles. The van der Waals surface area contributed by atoms with Gasteiger partial charge in [0.2, 0.25) is 0 Å². The highest BCUT2D eigenvalue weighted by Gasteiger charge is 2.47. The molecule has 0 aliphatic carbocycles. The first-order chi connectivity index (χ1) is 14.2. The minimum atomic E-state index is -5.70. The summed E-state index contributed by atoms with van der Waals surface area (Å²) in [6.07, 6.45) is -3.69. The molecule has 1 fully saturated rings. The van der Waals surface area contributed by atoms with Crippen molar-refractivity contribution in [1.82, 2.24) is 19.5 Å². The Morgan fingerprint density at radius 2 is 1.64 bits per heavy atom. The zero-order valence-corrected chi connectivity index (χ0v) is 18.6. The third-order valence-electron chi connectivity index (χ3n) is 3.82. The maximum atomic E-state index is 11.8. The van der Waals surface area contributed by atoms with Gasteiger partial charge in [-0.05, 0) is 0 Å². The van der Waals surface area contributed by atoms with Gasteiger partial charge in [0, 0.05) is 0 Å². The molecule has 33 heavy (non-hydrogen) atoms. The van der Waals surface area contributed by atoms with E-state index >= 15 is 0 Å². The molecule has 1 aliphatic rings. The molecule has 2 unspecified atom stereocenters. The van der Waals surface area contributed by atoms with E-state index in [9.17, 15) is 28.8 Å². The fourth-order valence-corrected chi connectivity index (χ4v) is 5.65. The molecular formula is C10H20N5O15P3. The lowest BCUT2D eigenvalue weighted by Crippen LogP contribution is -2.33. The SMILES string of the molecule is Nc1ncnc2c1ncn2[C@@H]1O[C@H](COP(=O)(O)OP(=O)(O)OP(=O)(O)O)[C@@H](O)[C@H]1O.O.O. The Kier molecular flexibility index (Phi) is 9.37. The fraction of sp³-hybridized carbons (Fsp3) is 0.500. The molecule has 6 atom stereocenters. The van der Waals surface area contributed by atoms with Gasteiger partial charge in [0.1, 0.15) is 30.2 Å². The van der Waals surface area contributed by atoms with Crippen molar-refractivity contribution in [3.8, 4) is 0 Å². The Morgan fingerprint density at radius 3 is 2.24 bits per heavy atom. The summed E-state index contributed by atoms with van der Waals surface area (Å²) in [7, 11) is -16.7. The van der Waals surface area contributed by atoms with E-state index in [4.69, 9.17) is 25.2 Å². The second-order valence-corrected chi connectivity index (χ2v) is 10.4. The highest BCUT2D eigenvalue weighted by molar-refractivity contribution is 7.66. The van der Waals surface area contributed by atoms with Gasteiger partial charge >= 0.3 is 23.5 Å². The van der Waals surface area contributed by atoms with Gasteiger partial charge in [-0.2, -0.15) is 8.62 Å². The van der Waals surface area contributed by atoms with Crippen LogP contribution in [0.25, 0.3) is 11.2 Å². The Hall–Kier alpha value is -1.44. The predicted molar refractivity (Wildman–Crippen MR) is 103 cm³/mol. The number of aliphatic hydroxyl groups is 2. The smallest absolute Gasteiger partial charge is 0.412 e. The van der Waals surface area contributed by atoms with Crippen molar-refractivity contribution in [2.24, 2.45) is 0 Å². The molecule has 0 saturated carbocycles. The van der Waals surface area contributed by atoms with Gasteiger partial charge in [-0.1, -0.05) is 0 Å². The molecule has 23 heteroatoms. The van der Waals surface area contributed by atoms with Crippen molar-refractivity contribution in [2.45, 2.75) is 24.5 Å². The number of anilines is 1. The molecule has 2 aromatic rings. The second kappa shape index (κ2) is 10.4. The van der Waals surface area contributed by atoms with Crippen LogP contribution in [-0.4, -0.2) is 85.2 Å². The summed E-state index contributed by atoms with van der Waals surface area (Å²) in [4.78, 5) is 47.2. The molecule has 1 aliphatic heterocycles. The molecule has 2 aromatic heterocycles. The summed E-state index contributed by atoms with van der Waals surface area (Å²) in [5.74, 6) is 0.0426. The summed E-state index contributed by atoms with van der Waals surface area (Å²) < 4.78 is 51.9. The number of rotatable bonds is 8. The van der Waals surface area contributed by atoms with E-state index in [2.05, 4.69) is 28.1 Å². The van der Waals surface area contributed by atoms with Crippen LogP contribution >= 0.6 is 23.5 Å². The number of nitrogens with zero attached hydrogens (tertiary/aromatic N) is 4. The van der Waals surface area contributed by atoms with E-state index < -0.39 is 54.6 Å². The number of aromatic nitrogens is 4. The van der Waals surface area contributed by atoms with Gasteiger partial charge in [-0.15, -0.1) is 0 Å². The average molecular weight is 543 g/mol. The predicted octanol–water partition coefficient (Wildman–Crippen LogP) is -3.28. The third-order valence-corrected chi connectivity index (χ3v) is 7.62. The summed E-state index contributed by atoms with van der Waals surface area (Å²) in [6.45, 7) is -0.956. The third kappa shape index (κ3) is 7.03. The number of ether oxygens (including phenoxy) is 1. The lowest BCUT2D eigenvalue weighted by Gasteiger charge is -2.19. The van der Waals surface area contributed by atoms with E-state index in [0.29, 0.717) is 0 Å². The topological polar surface area (TPSA) is 342 Å². The quantitative estimate of drug-likeness (QED) is 0.160. The molecule has 190 valence electrons. The van der Waals surface area contributed by atoms with Gasteiger partial charge in [-0.25, -0.2) is 28.6 Å². The first kappa shape index (κ1) is 29.6. The maximum Gasteiger partial charge on any atom is 0.490 e. The van der Waals surface area contributed by atoms with Gasteiger partial charge in [0.15, 0.2) is 17.7 Å². The van der Waals surface area contributed by atoms with Crippen molar-refractivity contribution >= 4 is 40.4 Å². The van der Waals surface area contributed by atoms with E-state index in [0.717, 1.165) is 6.33 Å². The largest absolute Gasteiger partial charge is 0.490 e. The Bertz CT molecular complexity index is 1110. The van der Waals surface area contributed by atoms with Crippen LogP contribution in [0.1, 0.15) is 6.23 Å². The van der Waals surface area contributed by atoms with Crippen LogP contribution in [-0.2, 0) is 31.6 Å². The van der Waals surface area contributed by atoms with Crippen molar-refractivity contribution < 1.29 is 72.3 Å². The number of fused-ring (bicyclic) bond motifs is 1. The zero-order valence-electron chi connectivity index (χ0n) is 15.9. The van der Waals surface area contributed by atoms with Crippen LogP contribution in [0.5, 0.6) is 0 Å². The van der Waals surface area contributed by atoms with Crippen LogP contribution < -0.4 is 5.73 Å². The molecule has 1 saturated heterocycles. The molecule has 0 radical (unpaired) electrons. The highest BCUT2D eigenvalue weighted by Crippen LogP contribution is 2.66. The molecular weight excluding hydrogens is 523 g/mol. The standard InChI is InChI=1S/C10H16N5O13P3.2H2O/c11-8-5-9(13-2-12-8)15(3-14-5)10-7(17)6(16)4(26-10)1-25-30(21,22)28-31(23,24)27-29(18,19)20;;/h2-4,6-7,10,16-17H,1H2,(H,21,22)(H,23,24)(H2,11,12,13)(H2,18,19,20);2*1H2/t4-,6-,7-,10-;;/m1../s1. The van der Waals surface area contributed by atoms with E-state index in [-0.39, 0.29) is 27.9 Å². The van der Waals surface area contributed by atoms with Crippen molar-refractivity contribution in [2.75, 3.05) is 12.3 Å². The number of nitrogens with two attached hydrogens (primary N) is 1. The van der Waals surface area contributed by atoms with Gasteiger partial charge in [0.25, 0.3) is 0 Å². The molecule has 20 nitrogen and oxygen atoms in total. The highest BCUT2D eigenvalue weighted by atomic mass is 31.3. The fourth-order valence-electron chi connectivity index (χ4n) is 2.62. The summed E-state index contributed by atoms with van der Waals surface area (Å²) in [5, 5.41) is 20.4. The number of aliphatic hydroxyl groups excluding tert-OH is 2. The van der Waals surface area contributed by atoms with E-state index in [1.54, 1.807) is 0 Å². The van der Waals surface area contributed by atoms with E-state index in [1.165, 1.54) is 10.9 Å². The molecule has 0 bridgehead atoms. The zero-order chi connectivity index (χ0) is 23.2. The first-order valence-electron chi connectivity index (χ1n) is 7.92. The number of nitrogen functional groups attached to an aromatic ring is 1. The first-order valence-corrected chi connectivity index (χ1v) is 12.4. The Balaban J connectivity index is 0.00000272. The van der Waals surface area contributed by atoms with Gasteiger partial charge < -0.3 is 51.2 Å². The summed E-state index contributed by atoms with van der Waals surface area (Å²) >= 11 is 0. The summed E-state index contributed by atoms with van der Waals surface area (Å²) in [5.41, 5.74) is 6.00. The van der Waals surface area contributed by atoms with Crippen molar-refractivity contribution in [3.63, 3.8) is 0 Å². The molecule has 12 N–H and O–H groups in total. The number of phosphoric ester groups is 1. The Morgan fingerprint density at radius 1 is 1.00 bits per heavy atom. The van der Waals surface area contributed by atoms with Gasteiger partial charge in [-0.3, -0.25) is 9.09 Å². The number of imidazole rings is 1. The molecule has 0 spiro atoms. The van der Waals surface area contributed by atoms with Crippen LogP contribution in [0, 0.1) is 0 Å². The van der Waals surface area contributed by atoms with Crippen LogP contribution in [0.15, 0.2) is 12.7 Å². The normalized spacial score (nSPS) is 26.7.